The van der Waals surface area contributed by atoms with Gasteiger partial charge >= 0.3 is 12.4 Å². The SMILES string of the molecule is CCCNC(=O)c1cncn1-c1ccc(-c2cc(C(F)(F)F)cc(C(F)(F)F)c2)cc1. The largest absolute Gasteiger partial charge is 0.416 e. The maximum absolute atomic E-state index is 13.1. The van der Waals surface area contributed by atoms with Crippen LogP contribution in [0.2, 0.25) is 0 Å². The number of amides is 1. The van der Waals surface area contributed by atoms with Crippen LogP contribution in [0.5, 0.6) is 0 Å². The summed E-state index contributed by atoms with van der Waals surface area (Å²) in [6, 6.07) is 7.18. The third-order valence-electron chi connectivity index (χ3n) is 4.47. The third kappa shape index (κ3) is 5.07. The minimum Gasteiger partial charge on any atom is -0.351 e. The second-order valence-electron chi connectivity index (χ2n) is 6.75. The summed E-state index contributed by atoms with van der Waals surface area (Å²) in [6.45, 7) is 2.37. The average Bonchev–Trinajstić information content (AvgIpc) is 3.20. The lowest BCUT2D eigenvalue weighted by atomic mass is 9.99. The van der Waals surface area contributed by atoms with Gasteiger partial charge in [-0.1, -0.05) is 19.1 Å². The molecule has 10 heteroatoms. The van der Waals surface area contributed by atoms with Crippen LogP contribution in [0.15, 0.2) is 55.0 Å². The van der Waals surface area contributed by atoms with Gasteiger partial charge in [-0.3, -0.25) is 9.36 Å². The van der Waals surface area contributed by atoms with E-state index in [-0.39, 0.29) is 28.8 Å². The van der Waals surface area contributed by atoms with Crippen molar-refractivity contribution in [2.24, 2.45) is 0 Å². The normalized spacial score (nSPS) is 12.1. The monoisotopic (exact) mass is 441 g/mol. The minimum absolute atomic E-state index is 0.0878. The molecule has 0 unspecified atom stereocenters. The molecule has 1 heterocycles. The Morgan fingerprint density at radius 1 is 0.935 bits per heavy atom. The van der Waals surface area contributed by atoms with Gasteiger partial charge in [0.1, 0.15) is 5.69 Å². The number of alkyl halides is 6. The summed E-state index contributed by atoms with van der Waals surface area (Å²) < 4.78 is 80.0. The molecule has 0 aliphatic heterocycles. The van der Waals surface area contributed by atoms with Gasteiger partial charge in [0.25, 0.3) is 5.91 Å². The maximum atomic E-state index is 13.1. The molecule has 4 nitrogen and oxygen atoms in total. The van der Waals surface area contributed by atoms with Gasteiger partial charge in [0.05, 0.1) is 23.7 Å². The van der Waals surface area contributed by atoms with Gasteiger partial charge in [0.15, 0.2) is 0 Å². The van der Waals surface area contributed by atoms with Gasteiger partial charge in [0.2, 0.25) is 0 Å². The summed E-state index contributed by atoms with van der Waals surface area (Å²) >= 11 is 0. The zero-order chi connectivity index (χ0) is 22.8. The van der Waals surface area contributed by atoms with E-state index in [1.807, 2.05) is 6.92 Å². The molecule has 0 fully saturated rings. The topological polar surface area (TPSA) is 46.9 Å². The van der Waals surface area contributed by atoms with Crippen LogP contribution in [-0.4, -0.2) is 22.0 Å². The minimum atomic E-state index is -4.92. The highest BCUT2D eigenvalue weighted by atomic mass is 19.4. The number of imidazole rings is 1. The van der Waals surface area contributed by atoms with Crippen LogP contribution >= 0.6 is 0 Å². The first-order chi connectivity index (χ1) is 14.5. The van der Waals surface area contributed by atoms with E-state index in [9.17, 15) is 31.1 Å². The fourth-order valence-corrected chi connectivity index (χ4v) is 2.93. The lowest BCUT2D eigenvalue weighted by Gasteiger charge is -2.15. The zero-order valence-corrected chi connectivity index (χ0v) is 16.2. The highest BCUT2D eigenvalue weighted by molar-refractivity contribution is 5.93. The zero-order valence-electron chi connectivity index (χ0n) is 16.2. The van der Waals surface area contributed by atoms with E-state index in [2.05, 4.69) is 10.3 Å². The van der Waals surface area contributed by atoms with Crippen molar-refractivity contribution in [2.45, 2.75) is 25.7 Å². The number of nitrogens with one attached hydrogen (secondary N) is 1. The van der Waals surface area contributed by atoms with E-state index in [0.29, 0.717) is 24.4 Å². The van der Waals surface area contributed by atoms with Crippen molar-refractivity contribution in [3.63, 3.8) is 0 Å². The molecular weight excluding hydrogens is 424 g/mol. The van der Waals surface area contributed by atoms with E-state index in [4.69, 9.17) is 0 Å². The van der Waals surface area contributed by atoms with Crippen LogP contribution in [-0.2, 0) is 12.4 Å². The molecule has 0 aliphatic carbocycles. The number of aromatic nitrogens is 2. The number of carbonyl (C=O) groups is 1. The number of hydrogen-bond donors (Lipinski definition) is 1. The van der Waals surface area contributed by atoms with Crippen molar-refractivity contribution in [2.75, 3.05) is 6.54 Å². The summed E-state index contributed by atoms with van der Waals surface area (Å²) in [5.74, 6) is -0.351. The Bertz CT molecular complexity index is 1040. The van der Waals surface area contributed by atoms with Crippen molar-refractivity contribution >= 4 is 5.91 Å². The molecule has 0 saturated heterocycles. The summed E-state index contributed by atoms with van der Waals surface area (Å²) in [4.78, 5) is 16.2. The van der Waals surface area contributed by atoms with Crippen LogP contribution in [0.4, 0.5) is 26.3 Å². The Kier molecular flexibility index (Phi) is 6.10. The predicted octanol–water partition coefficient (Wildman–Crippen LogP) is 5.72. The maximum Gasteiger partial charge on any atom is 0.416 e. The Morgan fingerprint density at radius 2 is 1.52 bits per heavy atom. The fraction of sp³-hybridized carbons (Fsp3) is 0.238. The van der Waals surface area contributed by atoms with E-state index in [0.717, 1.165) is 6.42 Å². The van der Waals surface area contributed by atoms with Gasteiger partial charge in [-0.15, -0.1) is 0 Å². The Morgan fingerprint density at radius 3 is 2.03 bits per heavy atom. The van der Waals surface area contributed by atoms with E-state index in [1.165, 1.54) is 41.4 Å². The first kappa shape index (κ1) is 22.4. The predicted molar refractivity (Wildman–Crippen MR) is 102 cm³/mol. The molecular formula is C21H17F6N3O. The molecule has 3 rings (SSSR count). The molecule has 0 spiro atoms. The Balaban J connectivity index is 1.98. The van der Waals surface area contributed by atoms with Crippen molar-refractivity contribution in [3.05, 3.63) is 71.8 Å². The first-order valence-corrected chi connectivity index (χ1v) is 9.21. The summed E-state index contributed by atoms with van der Waals surface area (Å²) in [6.07, 6.45) is -6.35. The van der Waals surface area contributed by atoms with E-state index in [1.54, 1.807) is 0 Å². The molecule has 31 heavy (non-hydrogen) atoms. The van der Waals surface area contributed by atoms with Crippen molar-refractivity contribution in [1.82, 2.24) is 14.9 Å². The van der Waals surface area contributed by atoms with Crippen molar-refractivity contribution in [1.29, 1.82) is 0 Å². The highest BCUT2D eigenvalue weighted by Crippen LogP contribution is 2.38. The lowest BCUT2D eigenvalue weighted by Crippen LogP contribution is -2.26. The van der Waals surface area contributed by atoms with E-state index >= 15 is 0 Å². The number of rotatable bonds is 5. The molecule has 3 aromatic rings. The van der Waals surface area contributed by atoms with Crippen LogP contribution in [0.1, 0.15) is 35.0 Å². The molecule has 0 aliphatic rings. The van der Waals surface area contributed by atoms with E-state index < -0.39 is 23.5 Å². The van der Waals surface area contributed by atoms with Crippen LogP contribution < -0.4 is 5.32 Å². The molecule has 0 atom stereocenters. The van der Waals surface area contributed by atoms with Crippen LogP contribution in [0.3, 0.4) is 0 Å². The Labute approximate surface area is 173 Å². The number of benzene rings is 2. The Hall–Kier alpha value is -3.30. The molecule has 0 radical (unpaired) electrons. The smallest absolute Gasteiger partial charge is 0.351 e. The average molecular weight is 441 g/mol. The number of halogens is 6. The lowest BCUT2D eigenvalue weighted by molar-refractivity contribution is -0.143. The second kappa shape index (κ2) is 8.44. The van der Waals surface area contributed by atoms with Crippen LogP contribution in [0.25, 0.3) is 16.8 Å². The summed E-state index contributed by atoms with van der Waals surface area (Å²) in [5, 5.41) is 2.71. The number of hydrogen-bond acceptors (Lipinski definition) is 2. The van der Waals surface area contributed by atoms with Gasteiger partial charge in [-0.05, 0) is 47.9 Å². The standard InChI is InChI=1S/C21H17F6N3O/c1-2-7-29-19(31)18-11-28-12-30(18)17-5-3-13(4-6-17)14-8-15(20(22,23)24)10-16(9-14)21(25,26)27/h3-6,8-12H,2,7H2,1H3,(H,29,31). The molecule has 164 valence electrons. The molecule has 0 saturated carbocycles. The molecule has 0 bridgehead atoms. The molecule has 1 amide bonds. The first-order valence-electron chi connectivity index (χ1n) is 9.21. The summed E-state index contributed by atoms with van der Waals surface area (Å²) in [5.41, 5.74) is -2.10. The quantitative estimate of drug-likeness (QED) is 0.515. The summed E-state index contributed by atoms with van der Waals surface area (Å²) in [7, 11) is 0. The van der Waals surface area contributed by atoms with Gasteiger partial charge in [-0.25, -0.2) is 4.98 Å². The molecule has 2 aromatic carbocycles. The van der Waals surface area contributed by atoms with Crippen molar-refractivity contribution in [3.8, 4) is 16.8 Å². The second-order valence-corrected chi connectivity index (χ2v) is 6.75. The van der Waals surface area contributed by atoms with Crippen molar-refractivity contribution < 1.29 is 31.1 Å². The highest BCUT2D eigenvalue weighted by Gasteiger charge is 2.37. The van der Waals surface area contributed by atoms with Gasteiger partial charge in [0, 0.05) is 12.2 Å². The van der Waals surface area contributed by atoms with Gasteiger partial charge < -0.3 is 5.32 Å². The number of carbonyl (C=O) groups excluding carboxylic acids is 1. The molecule has 1 aromatic heterocycles. The third-order valence-corrected chi connectivity index (χ3v) is 4.47. The van der Waals surface area contributed by atoms with Gasteiger partial charge in [-0.2, -0.15) is 26.3 Å². The molecule has 1 N–H and O–H groups in total. The van der Waals surface area contributed by atoms with Crippen LogP contribution in [0, 0.1) is 0 Å². The number of nitrogens with zero attached hydrogens (tertiary/aromatic N) is 2. The fourth-order valence-electron chi connectivity index (χ4n) is 2.93.